The maximum Gasteiger partial charge on any atom is 0.244 e. The number of ether oxygens (including phenoxy) is 1. The topological polar surface area (TPSA) is 75.7 Å². The molecule has 1 heterocycles. The number of halogens is 1. The Balaban J connectivity index is 2.22. The first-order valence-electron chi connectivity index (χ1n) is 7.46. The third-order valence-corrected chi connectivity index (χ3v) is 5.14. The third kappa shape index (κ3) is 4.27. The molecule has 0 unspecified atom stereocenters. The van der Waals surface area contributed by atoms with E-state index in [-0.39, 0.29) is 11.8 Å². The number of carbonyl (C=O) groups is 1. The molecule has 1 atom stereocenters. The van der Waals surface area contributed by atoms with E-state index in [1.807, 2.05) is 0 Å². The molecule has 0 aromatic heterocycles. The van der Waals surface area contributed by atoms with Gasteiger partial charge < -0.3 is 9.64 Å². The number of benzene rings is 1. The van der Waals surface area contributed by atoms with Gasteiger partial charge in [-0.1, -0.05) is 26.0 Å². The lowest BCUT2D eigenvalue weighted by atomic mass is 10.0. The molecule has 0 aliphatic carbocycles. The summed E-state index contributed by atoms with van der Waals surface area (Å²) in [5.41, 5.74) is 0. The van der Waals surface area contributed by atoms with Crippen molar-refractivity contribution in [3.63, 3.8) is 0 Å². The number of carbonyl (C=O) groups excluding carboxylic acids is 1. The molecule has 1 N–H and O–H groups in total. The molecule has 1 aliphatic heterocycles. The first kappa shape index (κ1) is 17.8. The minimum Gasteiger partial charge on any atom is -0.378 e. The van der Waals surface area contributed by atoms with Crippen molar-refractivity contribution in [2.24, 2.45) is 5.92 Å². The maximum absolute atomic E-state index is 13.8. The van der Waals surface area contributed by atoms with E-state index in [4.69, 9.17) is 4.74 Å². The zero-order valence-electron chi connectivity index (χ0n) is 13.2. The SMILES string of the molecule is CC(C)[C@H](NS(=O)(=O)c1ccccc1F)C(=O)N1CCOCC1. The molecule has 1 aromatic rings. The first-order valence-corrected chi connectivity index (χ1v) is 8.94. The molecule has 0 saturated carbocycles. The zero-order valence-corrected chi connectivity index (χ0v) is 14.0. The first-order chi connectivity index (χ1) is 10.8. The van der Waals surface area contributed by atoms with E-state index in [0.717, 1.165) is 6.07 Å². The zero-order chi connectivity index (χ0) is 17.0. The smallest absolute Gasteiger partial charge is 0.244 e. The monoisotopic (exact) mass is 344 g/mol. The van der Waals surface area contributed by atoms with Crippen LogP contribution < -0.4 is 4.72 Å². The van der Waals surface area contributed by atoms with Crippen molar-refractivity contribution < 1.29 is 22.3 Å². The molecular weight excluding hydrogens is 323 g/mol. The van der Waals surface area contributed by atoms with E-state index in [9.17, 15) is 17.6 Å². The van der Waals surface area contributed by atoms with Crippen molar-refractivity contribution in [1.82, 2.24) is 9.62 Å². The van der Waals surface area contributed by atoms with E-state index in [1.165, 1.54) is 18.2 Å². The summed E-state index contributed by atoms with van der Waals surface area (Å²) in [6.07, 6.45) is 0. The Bertz CT molecular complexity index is 657. The Labute approximate surface area is 135 Å². The Morgan fingerprint density at radius 2 is 1.87 bits per heavy atom. The number of hydrogen-bond donors (Lipinski definition) is 1. The molecule has 1 aliphatic rings. The highest BCUT2D eigenvalue weighted by Gasteiger charge is 2.33. The van der Waals surface area contributed by atoms with Gasteiger partial charge in [0.15, 0.2) is 0 Å². The molecule has 0 bridgehead atoms. The molecule has 0 radical (unpaired) electrons. The molecule has 128 valence electrons. The van der Waals surface area contributed by atoms with Gasteiger partial charge in [0.2, 0.25) is 15.9 Å². The summed E-state index contributed by atoms with van der Waals surface area (Å²) in [6.45, 7) is 5.18. The summed E-state index contributed by atoms with van der Waals surface area (Å²) in [7, 11) is -4.12. The molecule has 1 saturated heterocycles. The van der Waals surface area contributed by atoms with Gasteiger partial charge in [0, 0.05) is 13.1 Å². The molecule has 23 heavy (non-hydrogen) atoms. The number of nitrogens with one attached hydrogen (secondary N) is 1. The van der Waals surface area contributed by atoms with Crippen LogP contribution in [0.2, 0.25) is 0 Å². The van der Waals surface area contributed by atoms with Crippen molar-refractivity contribution in [3.05, 3.63) is 30.1 Å². The fourth-order valence-electron chi connectivity index (χ4n) is 2.35. The Morgan fingerprint density at radius 1 is 1.26 bits per heavy atom. The van der Waals surface area contributed by atoms with Gasteiger partial charge in [-0.05, 0) is 18.1 Å². The second-order valence-electron chi connectivity index (χ2n) is 5.71. The second-order valence-corrected chi connectivity index (χ2v) is 7.39. The minimum absolute atomic E-state index is 0.271. The van der Waals surface area contributed by atoms with Crippen LogP contribution in [-0.4, -0.2) is 51.6 Å². The van der Waals surface area contributed by atoms with Gasteiger partial charge >= 0.3 is 0 Å². The lowest BCUT2D eigenvalue weighted by molar-refractivity contribution is -0.138. The van der Waals surface area contributed by atoms with Gasteiger partial charge in [-0.2, -0.15) is 4.72 Å². The van der Waals surface area contributed by atoms with Crippen LogP contribution in [0.5, 0.6) is 0 Å². The van der Waals surface area contributed by atoms with Crippen LogP contribution in [0.15, 0.2) is 29.2 Å². The number of hydrogen-bond acceptors (Lipinski definition) is 4. The standard InChI is InChI=1S/C15H21FN2O4S/c1-11(2)14(15(19)18-7-9-22-10-8-18)17-23(20,21)13-6-4-3-5-12(13)16/h3-6,11,14,17H,7-10H2,1-2H3/t14-/m0/s1. The molecule has 6 nitrogen and oxygen atoms in total. The van der Waals surface area contributed by atoms with Crippen molar-refractivity contribution >= 4 is 15.9 Å². The van der Waals surface area contributed by atoms with Crippen molar-refractivity contribution in [1.29, 1.82) is 0 Å². The van der Waals surface area contributed by atoms with Crippen LogP contribution in [0, 0.1) is 11.7 Å². The highest BCUT2D eigenvalue weighted by atomic mass is 32.2. The summed E-state index contributed by atoms with van der Waals surface area (Å²) < 4.78 is 46.1. The van der Waals surface area contributed by atoms with Crippen LogP contribution in [0.4, 0.5) is 4.39 Å². The summed E-state index contributed by atoms with van der Waals surface area (Å²) in [6, 6.07) is 4.15. The second kappa shape index (κ2) is 7.37. The van der Waals surface area contributed by atoms with Gasteiger partial charge in [-0.25, -0.2) is 12.8 Å². The summed E-state index contributed by atoms with van der Waals surface area (Å²) in [5, 5.41) is 0. The molecule has 1 aromatic carbocycles. The number of morpholine rings is 1. The molecular formula is C15H21FN2O4S. The number of sulfonamides is 1. The summed E-state index contributed by atoms with van der Waals surface area (Å²) in [5.74, 6) is -1.43. The largest absolute Gasteiger partial charge is 0.378 e. The average molecular weight is 344 g/mol. The maximum atomic E-state index is 13.8. The normalized spacial score (nSPS) is 17.3. The molecule has 8 heteroatoms. The van der Waals surface area contributed by atoms with E-state index in [2.05, 4.69) is 4.72 Å². The number of amides is 1. The predicted octanol–water partition coefficient (Wildman–Crippen LogP) is 0.987. The molecule has 0 spiro atoms. The van der Waals surface area contributed by atoms with E-state index in [0.29, 0.717) is 26.3 Å². The van der Waals surface area contributed by atoms with Gasteiger partial charge in [-0.3, -0.25) is 4.79 Å². The highest BCUT2D eigenvalue weighted by molar-refractivity contribution is 7.89. The number of nitrogens with zero attached hydrogens (tertiary/aromatic N) is 1. The van der Waals surface area contributed by atoms with Gasteiger partial charge in [-0.15, -0.1) is 0 Å². The van der Waals surface area contributed by atoms with Crippen molar-refractivity contribution in [2.45, 2.75) is 24.8 Å². The fourth-order valence-corrected chi connectivity index (χ4v) is 3.76. The van der Waals surface area contributed by atoms with Crippen LogP contribution in [0.3, 0.4) is 0 Å². The van der Waals surface area contributed by atoms with Gasteiger partial charge in [0.1, 0.15) is 16.8 Å². The van der Waals surface area contributed by atoms with E-state index < -0.39 is 26.8 Å². The van der Waals surface area contributed by atoms with Crippen molar-refractivity contribution in [2.75, 3.05) is 26.3 Å². The van der Waals surface area contributed by atoms with Gasteiger partial charge in [0.25, 0.3) is 0 Å². The quantitative estimate of drug-likeness (QED) is 0.864. The lowest BCUT2D eigenvalue weighted by Gasteiger charge is -2.32. The van der Waals surface area contributed by atoms with Crippen LogP contribution in [0.1, 0.15) is 13.8 Å². The summed E-state index contributed by atoms with van der Waals surface area (Å²) >= 11 is 0. The van der Waals surface area contributed by atoms with Crippen LogP contribution >= 0.6 is 0 Å². The van der Waals surface area contributed by atoms with Crippen LogP contribution in [0.25, 0.3) is 0 Å². The van der Waals surface area contributed by atoms with E-state index in [1.54, 1.807) is 18.7 Å². The highest BCUT2D eigenvalue weighted by Crippen LogP contribution is 2.16. The van der Waals surface area contributed by atoms with Gasteiger partial charge in [0.05, 0.1) is 13.2 Å². The Hall–Kier alpha value is -1.51. The van der Waals surface area contributed by atoms with E-state index >= 15 is 0 Å². The Morgan fingerprint density at radius 3 is 2.43 bits per heavy atom. The molecule has 2 rings (SSSR count). The lowest BCUT2D eigenvalue weighted by Crippen LogP contribution is -2.53. The van der Waals surface area contributed by atoms with Crippen LogP contribution in [-0.2, 0) is 19.6 Å². The molecule has 1 amide bonds. The number of rotatable bonds is 5. The average Bonchev–Trinajstić information content (AvgIpc) is 2.53. The summed E-state index contributed by atoms with van der Waals surface area (Å²) in [4.78, 5) is 13.7. The predicted molar refractivity (Wildman–Crippen MR) is 82.7 cm³/mol. The fraction of sp³-hybridized carbons (Fsp3) is 0.533. The third-order valence-electron chi connectivity index (χ3n) is 3.66. The molecule has 1 fully saturated rings. The van der Waals surface area contributed by atoms with Crippen molar-refractivity contribution in [3.8, 4) is 0 Å². The Kier molecular flexibility index (Phi) is 5.72. The minimum atomic E-state index is -4.12.